The van der Waals surface area contributed by atoms with E-state index in [4.69, 9.17) is 5.11 Å². The summed E-state index contributed by atoms with van der Waals surface area (Å²) in [5.41, 5.74) is 0. The molecule has 98 valence electrons. The Morgan fingerprint density at radius 3 is 2.94 bits per heavy atom. The van der Waals surface area contributed by atoms with E-state index in [2.05, 4.69) is 24.4 Å². The molecule has 4 nitrogen and oxygen atoms in total. The summed E-state index contributed by atoms with van der Waals surface area (Å²) < 4.78 is 0. The normalized spacial score (nSPS) is 19.1. The van der Waals surface area contributed by atoms with Crippen molar-refractivity contribution >= 4 is 6.03 Å². The van der Waals surface area contributed by atoms with Crippen molar-refractivity contribution in [3.63, 3.8) is 0 Å². The fourth-order valence-electron chi connectivity index (χ4n) is 1.97. The number of carbonyl (C=O) groups excluding carboxylic acids is 1. The molecule has 0 aromatic rings. The van der Waals surface area contributed by atoms with Crippen LogP contribution in [0.25, 0.3) is 0 Å². The number of amides is 2. The first kappa shape index (κ1) is 14.0. The van der Waals surface area contributed by atoms with Crippen LogP contribution in [0.5, 0.6) is 0 Å². The summed E-state index contributed by atoms with van der Waals surface area (Å²) in [6.45, 7) is 3.26. The third kappa shape index (κ3) is 5.22. The largest absolute Gasteiger partial charge is 0.395 e. The van der Waals surface area contributed by atoms with Crippen molar-refractivity contribution in [2.75, 3.05) is 19.7 Å². The van der Waals surface area contributed by atoms with E-state index in [1.807, 2.05) is 0 Å². The van der Waals surface area contributed by atoms with Gasteiger partial charge in [0.15, 0.2) is 0 Å². The molecule has 1 rings (SSSR count). The predicted molar refractivity (Wildman–Crippen MR) is 68.9 cm³/mol. The van der Waals surface area contributed by atoms with Crippen LogP contribution in [0.2, 0.25) is 0 Å². The van der Waals surface area contributed by atoms with E-state index in [0.717, 1.165) is 38.6 Å². The molecule has 0 fully saturated rings. The zero-order valence-corrected chi connectivity index (χ0v) is 10.7. The first-order valence-corrected chi connectivity index (χ1v) is 6.61. The van der Waals surface area contributed by atoms with Gasteiger partial charge in [0, 0.05) is 19.1 Å². The molecule has 0 bridgehead atoms. The molecular weight excluding hydrogens is 216 g/mol. The Morgan fingerprint density at radius 2 is 2.35 bits per heavy atom. The van der Waals surface area contributed by atoms with E-state index < -0.39 is 0 Å². The summed E-state index contributed by atoms with van der Waals surface area (Å²) in [5.74, 6) is 0. The first-order chi connectivity index (χ1) is 8.27. The lowest BCUT2D eigenvalue weighted by molar-refractivity contribution is 0.174. The third-order valence-corrected chi connectivity index (χ3v) is 3.00. The monoisotopic (exact) mass is 240 g/mol. The Labute approximate surface area is 104 Å². The van der Waals surface area contributed by atoms with Gasteiger partial charge in [0.05, 0.1) is 6.61 Å². The number of allylic oxidation sites excluding steroid dienone is 1. The van der Waals surface area contributed by atoms with Crippen LogP contribution >= 0.6 is 0 Å². The predicted octanol–water partition coefficient (Wildman–Crippen LogP) is 1.90. The Kier molecular flexibility index (Phi) is 6.70. The van der Waals surface area contributed by atoms with Gasteiger partial charge in [-0.15, -0.1) is 0 Å². The van der Waals surface area contributed by atoms with Crippen LogP contribution in [0.1, 0.15) is 39.0 Å². The first-order valence-electron chi connectivity index (χ1n) is 6.61. The Hall–Kier alpha value is -1.03. The minimum absolute atomic E-state index is 0.0254. The maximum absolute atomic E-state index is 12.0. The van der Waals surface area contributed by atoms with Gasteiger partial charge in [-0.25, -0.2) is 4.79 Å². The van der Waals surface area contributed by atoms with Crippen LogP contribution in [0, 0.1) is 0 Å². The van der Waals surface area contributed by atoms with Gasteiger partial charge in [0.1, 0.15) is 0 Å². The molecule has 1 unspecified atom stereocenters. The lowest BCUT2D eigenvalue weighted by Crippen LogP contribution is -2.46. The molecule has 0 aliphatic heterocycles. The van der Waals surface area contributed by atoms with Crippen LogP contribution < -0.4 is 5.32 Å². The summed E-state index contributed by atoms with van der Waals surface area (Å²) in [5, 5.41) is 12.0. The van der Waals surface area contributed by atoms with Crippen LogP contribution in [0.15, 0.2) is 12.2 Å². The van der Waals surface area contributed by atoms with Crippen LogP contribution in [0.4, 0.5) is 4.79 Å². The Balaban J connectivity index is 2.39. The van der Waals surface area contributed by atoms with Crippen molar-refractivity contribution in [3.05, 3.63) is 12.2 Å². The number of hydrogen-bond donors (Lipinski definition) is 2. The molecule has 0 heterocycles. The maximum Gasteiger partial charge on any atom is 0.317 e. The van der Waals surface area contributed by atoms with E-state index in [0.29, 0.717) is 6.54 Å². The number of nitrogens with zero attached hydrogens (tertiary/aromatic N) is 1. The number of unbranched alkanes of at least 4 members (excludes halogenated alkanes) is 1. The van der Waals surface area contributed by atoms with Crippen LogP contribution in [0.3, 0.4) is 0 Å². The summed E-state index contributed by atoms with van der Waals surface area (Å²) >= 11 is 0. The second kappa shape index (κ2) is 8.12. The molecule has 1 aliphatic rings. The second-order valence-corrected chi connectivity index (χ2v) is 4.48. The maximum atomic E-state index is 12.0. The summed E-state index contributed by atoms with van der Waals surface area (Å²) in [6.07, 6.45) is 9.49. The highest BCUT2D eigenvalue weighted by molar-refractivity contribution is 5.74. The zero-order chi connectivity index (χ0) is 12.5. The smallest absolute Gasteiger partial charge is 0.317 e. The molecule has 4 heteroatoms. The van der Waals surface area contributed by atoms with E-state index >= 15 is 0 Å². The third-order valence-electron chi connectivity index (χ3n) is 3.00. The molecule has 2 amide bonds. The highest BCUT2D eigenvalue weighted by Crippen LogP contribution is 2.10. The van der Waals surface area contributed by atoms with Crippen LogP contribution in [-0.4, -0.2) is 41.8 Å². The number of hydrogen-bond acceptors (Lipinski definition) is 2. The molecule has 0 radical (unpaired) electrons. The lowest BCUT2D eigenvalue weighted by Gasteiger charge is -2.25. The number of aliphatic hydroxyl groups excluding tert-OH is 1. The van der Waals surface area contributed by atoms with E-state index in [1.165, 1.54) is 0 Å². The Morgan fingerprint density at radius 1 is 1.53 bits per heavy atom. The summed E-state index contributed by atoms with van der Waals surface area (Å²) in [7, 11) is 0. The van der Waals surface area contributed by atoms with Gasteiger partial charge in [-0.2, -0.15) is 0 Å². The number of aliphatic hydroxyl groups is 1. The van der Waals surface area contributed by atoms with Crippen molar-refractivity contribution < 1.29 is 9.90 Å². The minimum atomic E-state index is -0.0518. The van der Waals surface area contributed by atoms with Gasteiger partial charge in [-0.05, 0) is 25.7 Å². The van der Waals surface area contributed by atoms with Crippen molar-refractivity contribution in [1.29, 1.82) is 0 Å². The summed E-state index contributed by atoms with van der Waals surface area (Å²) in [6, 6.07) is 0.114. The van der Waals surface area contributed by atoms with E-state index in [9.17, 15) is 4.79 Å². The highest BCUT2D eigenvalue weighted by Gasteiger charge is 2.16. The fourth-order valence-corrected chi connectivity index (χ4v) is 1.97. The summed E-state index contributed by atoms with van der Waals surface area (Å²) in [4.78, 5) is 13.7. The van der Waals surface area contributed by atoms with Gasteiger partial charge >= 0.3 is 6.03 Å². The average molecular weight is 240 g/mol. The van der Waals surface area contributed by atoms with Gasteiger partial charge in [0.2, 0.25) is 0 Å². The molecule has 0 saturated heterocycles. The van der Waals surface area contributed by atoms with Gasteiger partial charge in [0.25, 0.3) is 0 Å². The molecule has 1 atom stereocenters. The van der Waals surface area contributed by atoms with Gasteiger partial charge in [-0.1, -0.05) is 25.5 Å². The van der Waals surface area contributed by atoms with E-state index in [-0.39, 0.29) is 18.7 Å². The quantitative estimate of drug-likeness (QED) is 0.697. The number of rotatable bonds is 6. The number of carbonyl (C=O) groups is 1. The molecule has 2 N–H and O–H groups in total. The molecule has 0 saturated carbocycles. The topological polar surface area (TPSA) is 52.6 Å². The molecule has 17 heavy (non-hydrogen) atoms. The second-order valence-electron chi connectivity index (χ2n) is 4.48. The molecule has 0 spiro atoms. The van der Waals surface area contributed by atoms with E-state index in [1.54, 1.807) is 4.90 Å². The lowest BCUT2D eigenvalue weighted by atomic mass is 10.0. The Bertz CT molecular complexity index is 254. The van der Waals surface area contributed by atoms with Crippen LogP contribution in [-0.2, 0) is 0 Å². The van der Waals surface area contributed by atoms with Gasteiger partial charge in [-0.3, -0.25) is 0 Å². The number of nitrogens with one attached hydrogen (secondary N) is 1. The standard InChI is InChI=1S/C13H24N2O2/c1-2-3-9-15(10-11-16)13(17)14-12-7-5-4-6-8-12/h5,7,12,16H,2-4,6,8-11H2,1H3,(H,14,17). The molecular formula is C13H24N2O2. The highest BCUT2D eigenvalue weighted by atomic mass is 16.3. The fraction of sp³-hybridized carbons (Fsp3) is 0.769. The van der Waals surface area contributed by atoms with Crippen molar-refractivity contribution in [3.8, 4) is 0 Å². The molecule has 0 aromatic carbocycles. The van der Waals surface area contributed by atoms with Crippen molar-refractivity contribution in [2.45, 2.75) is 45.1 Å². The van der Waals surface area contributed by atoms with Crippen molar-refractivity contribution in [2.24, 2.45) is 0 Å². The van der Waals surface area contributed by atoms with Gasteiger partial charge < -0.3 is 15.3 Å². The number of urea groups is 1. The zero-order valence-electron chi connectivity index (χ0n) is 10.7. The van der Waals surface area contributed by atoms with Crippen molar-refractivity contribution in [1.82, 2.24) is 10.2 Å². The molecule has 0 aromatic heterocycles. The average Bonchev–Trinajstić information content (AvgIpc) is 2.35. The molecule has 1 aliphatic carbocycles. The minimum Gasteiger partial charge on any atom is -0.395 e. The SMILES string of the molecule is CCCCN(CCO)C(=O)NC1C=CCCC1.